The predicted molar refractivity (Wildman–Crippen MR) is 47.2 cm³/mol. The Morgan fingerprint density at radius 3 is 2.64 bits per heavy atom. The lowest BCUT2D eigenvalue weighted by atomic mass is 10.3. The summed E-state index contributed by atoms with van der Waals surface area (Å²) in [5.74, 6) is 0.0176. The molecule has 1 atom stereocenters. The van der Waals surface area contributed by atoms with Gasteiger partial charge in [-0.05, 0) is 6.92 Å². The number of hydrogen-bond donors (Lipinski definition) is 2. The van der Waals surface area contributed by atoms with Gasteiger partial charge in [0.2, 0.25) is 0 Å². The number of halogens is 2. The van der Waals surface area contributed by atoms with Crippen molar-refractivity contribution in [1.29, 1.82) is 0 Å². The zero-order valence-electron chi connectivity index (χ0n) is 7.61. The highest BCUT2D eigenvalue weighted by molar-refractivity contribution is 5.40. The SMILES string of the molecule is CC(CO)Nc1nccnc1C(F)F. The van der Waals surface area contributed by atoms with Crippen LogP contribution in [0.5, 0.6) is 0 Å². The van der Waals surface area contributed by atoms with E-state index < -0.39 is 12.1 Å². The van der Waals surface area contributed by atoms with Crippen molar-refractivity contribution < 1.29 is 13.9 Å². The van der Waals surface area contributed by atoms with Gasteiger partial charge in [0.05, 0.1) is 6.61 Å². The van der Waals surface area contributed by atoms with Crippen LogP contribution in [0.1, 0.15) is 19.0 Å². The molecule has 1 aromatic rings. The van der Waals surface area contributed by atoms with E-state index in [0.29, 0.717) is 0 Å². The lowest BCUT2D eigenvalue weighted by Gasteiger charge is -2.13. The zero-order valence-corrected chi connectivity index (χ0v) is 7.61. The molecule has 0 saturated heterocycles. The topological polar surface area (TPSA) is 58.0 Å². The monoisotopic (exact) mass is 203 g/mol. The fourth-order valence-electron chi connectivity index (χ4n) is 0.899. The Kier molecular flexibility index (Phi) is 3.70. The number of nitrogens with one attached hydrogen (secondary N) is 1. The molecule has 14 heavy (non-hydrogen) atoms. The fourth-order valence-corrected chi connectivity index (χ4v) is 0.899. The van der Waals surface area contributed by atoms with Gasteiger partial charge in [-0.2, -0.15) is 0 Å². The number of nitrogens with zero attached hydrogens (tertiary/aromatic N) is 2. The van der Waals surface area contributed by atoms with Crippen molar-refractivity contribution in [1.82, 2.24) is 9.97 Å². The summed E-state index contributed by atoms with van der Waals surface area (Å²) in [4.78, 5) is 7.23. The minimum atomic E-state index is -2.67. The molecule has 2 N–H and O–H groups in total. The molecule has 1 aromatic heterocycles. The molecule has 1 rings (SSSR count). The molecule has 4 nitrogen and oxygen atoms in total. The normalized spacial score (nSPS) is 12.9. The molecule has 0 aliphatic rings. The highest BCUT2D eigenvalue weighted by Gasteiger charge is 2.16. The van der Waals surface area contributed by atoms with Gasteiger partial charge in [0.15, 0.2) is 5.82 Å². The minimum Gasteiger partial charge on any atom is -0.394 e. The Balaban J connectivity index is 2.84. The van der Waals surface area contributed by atoms with Gasteiger partial charge in [0.1, 0.15) is 5.69 Å². The number of aliphatic hydroxyl groups is 1. The Morgan fingerprint density at radius 1 is 1.43 bits per heavy atom. The molecule has 0 radical (unpaired) electrons. The van der Waals surface area contributed by atoms with Crippen molar-refractivity contribution >= 4 is 5.82 Å². The third kappa shape index (κ3) is 2.59. The Bertz CT molecular complexity index is 296. The molecule has 0 aromatic carbocycles. The average Bonchev–Trinajstić information content (AvgIpc) is 2.18. The number of hydrogen-bond acceptors (Lipinski definition) is 4. The average molecular weight is 203 g/mol. The van der Waals surface area contributed by atoms with Crippen molar-refractivity contribution in [3.63, 3.8) is 0 Å². The van der Waals surface area contributed by atoms with Gasteiger partial charge in [0, 0.05) is 18.4 Å². The second kappa shape index (κ2) is 4.80. The fraction of sp³-hybridized carbons (Fsp3) is 0.500. The Hall–Kier alpha value is -1.30. The van der Waals surface area contributed by atoms with Crippen LogP contribution < -0.4 is 5.32 Å². The van der Waals surface area contributed by atoms with Gasteiger partial charge in [0.25, 0.3) is 6.43 Å². The van der Waals surface area contributed by atoms with Crippen molar-refractivity contribution in [2.45, 2.75) is 19.4 Å². The first kappa shape index (κ1) is 10.8. The van der Waals surface area contributed by atoms with Crippen LogP contribution in [0.2, 0.25) is 0 Å². The van der Waals surface area contributed by atoms with E-state index >= 15 is 0 Å². The van der Waals surface area contributed by atoms with E-state index in [4.69, 9.17) is 5.11 Å². The molecule has 1 heterocycles. The number of alkyl halides is 2. The number of aliphatic hydroxyl groups excluding tert-OH is 1. The maximum Gasteiger partial charge on any atom is 0.283 e. The van der Waals surface area contributed by atoms with Gasteiger partial charge in [-0.1, -0.05) is 0 Å². The summed E-state index contributed by atoms with van der Waals surface area (Å²) in [5.41, 5.74) is -0.396. The highest BCUT2D eigenvalue weighted by Crippen LogP contribution is 2.22. The summed E-state index contributed by atoms with van der Waals surface area (Å²) in [7, 11) is 0. The second-order valence-electron chi connectivity index (χ2n) is 2.82. The molecular formula is C8H11F2N3O. The summed E-state index contributed by atoms with van der Waals surface area (Å²) < 4.78 is 24.8. The predicted octanol–water partition coefficient (Wildman–Crippen LogP) is 1.21. The van der Waals surface area contributed by atoms with E-state index in [1.54, 1.807) is 6.92 Å². The summed E-state index contributed by atoms with van der Waals surface area (Å²) >= 11 is 0. The first-order valence-corrected chi connectivity index (χ1v) is 4.11. The largest absolute Gasteiger partial charge is 0.394 e. The maximum absolute atomic E-state index is 12.4. The summed E-state index contributed by atoms with van der Waals surface area (Å²) in [5, 5.41) is 11.4. The summed E-state index contributed by atoms with van der Waals surface area (Å²) in [6.45, 7) is 1.50. The quantitative estimate of drug-likeness (QED) is 0.772. The van der Waals surface area contributed by atoms with E-state index in [9.17, 15) is 8.78 Å². The zero-order chi connectivity index (χ0) is 10.6. The lowest BCUT2D eigenvalue weighted by Crippen LogP contribution is -2.21. The molecule has 0 aliphatic heterocycles. The Labute approximate surface area is 80.0 Å². The van der Waals surface area contributed by atoms with Crippen LogP contribution in [0.15, 0.2) is 12.4 Å². The molecule has 0 bridgehead atoms. The van der Waals surface area contributed by atoms with Gasteiger partial charge in [-0.15, -0.1) is 0 Å². The first-order chi connectivity index (χ1) is 6.65. The Morgan fingerprint density at radius 2 is 2.07 bits per heavy atom. The van der Waals surface area contributed by atoms with Crippen LogP contribution in [0.25, 0.3) is 0 Å². The van der Waals surface area contributed by atoms with Crippen LogP contribution in [0.4, 0.5) is 14.6 Å². The highest BCUT2D eigenvalue weighted by atomic mass is 19.3. The van der Waals surface area contributed by atoms with Crippen LogP contribution in [-0.4, -0.2) is 27.7 Å². The smallest absolute Gasteiger partial charge is 0.283 e. The summed E-state index contributed by atoms with van der Waals surface area (Å²) in [6, 6.07) is -0.329. The van der Waals surface area contributed by atoms with Crippen LogP contribution in [0, 0.1) is 0 Å². The third-order valence-electron chi connectivity index (χ3n) is 1.59. The van der Waals surface area contributed by atoms with E-state index in [-0.39, 0.29) is 18.5 Å². The molecule has 0 saturated carbocycles. The molecule has 78 valence electrons. The molecule has 0 amide bonds. The van der Waals surface area contributed by atoms with Gasteiger partial charge in [-0.3, -0.25) is 0 Å². The second-order valence-corrected chi connectivity index (χ2v) is 2.82. The maximum atomic E-state index is 12.4. The molecule has 0 fully saturated rings. The molecule has 6 heteroatoms. The van der Waals surface area contributed by atoms with Crippen LogP contribution >= 0.6 is 0 Å². The first-order valence-electron chi connectivity index (χ1n) is 4.11. The molecule has 1 unspecified atom stereocenters. The van der Waals surface area contributed by atoms with Crippen molar-refractivity contribution in [2.24, 2.45) is 0 Å². The van der Waals surface area contributed by atoms with E-state index in [2.05, 4.69) is 15.3 Å². The summed E-state index contributed by atoms with van der Waals surface area (Å²) in [6.07, 6.45) is -0.147. The standard InChI is InChI=1S/C8H11F2N3O/c1-5(4-14)13-8-6(7(9)10)11-2-3-12-8/h2-3,5,7,14H,4H2,1H3,(H,12,13). The van der Waals surface area contributed by atoms with Gasteiger partial charge >= 0.3 is 0 Å². The number of anilines is 1. The minimum absolute atomic E-state index is 0.0176. The van der Waals surface area contributed by atoms with Crippen LogP contribution in [0.3, 0.4) is 0 Å². The lowest BCUT2D eigenvalue weighted by molar-refractivity contribution is 0.146. The van der Waals surface area contributed by atoms with Crippen molar-refractivity contribution in [2.75, 3.05) is 11.9 Å². The van der Waals surface area contributed by atoms with Gasteiger partial charge < -0.3 is 10.4 Å². The van der Waals surface area contributed by atoms with E-state index in [1.165, 1.54) is 12.4 Å². The van der Waals surface area contributed by atoms with Gasteiger partial charge in [-0.25, -0.2) is 18.7 Å². The molecule has 0 aliphatic carbocycles. The van der Waals surface area contributed by atoms with Crippen LogP contribution in [-0.2, 0) is 0 Å². The van der Waals surface area contributed by atoms with Crippen molar-refractivity contribution in [3.05, 3.63) is 18.1 Å². The molecular weight excluding hydrogens is 192 g/mol. The van der Waals surface area contributed by atoms with E-state index in [1.807, 2.05) is 0 Å². The van der Waals surface area contributed by atoms with E-state index in [0.717, 1.165) is 0 Å². The third-order valence-corrected chi connectivity index (χ3v) is 1.59. The molecule has 0 spiro atoms. The number of rotatable bonds is 4. The van der Waals surface area contributed by atoms with Crippen molar-refractivity contribution in [3.8, 4) is 0 Å². The number of aromatic nitrogens is 2.